The molecule has 3 heteroatoms. The van der Waals surface area contributed by atoms with E-state index >= 15 is 0 Å². The van der Waals surface area contributed by atoms with Gasteiger partial charge in [-0.25, -0.2) is 0 Å². The van der Waals surface area contributed by atoms with E-state index in [0.29, 0.717) is 5.92 Å². The SMILES string of the molecule is CCCC(CS)COc1cccnc1. The van der Waals surface area contributed by atoms with Gasteiger partial charge in [-0.1, -0.05) is 13.3 Å². The Morgan fingerprint density at radius 2 is 2.43 bits per heavy atom. The van der Waals surface area contributed by atoms with E-state index in [4.69, 9.17) is 4.74 Å². The zero-order chi connectivity index (χ0) is 10.2. The monoisotopic (exact) mass is 211 g/mol. The lowest BCUT2D eigenvalue weighted by molar-refractivity contribution is 0.254. The van der Waals surface area contributed by atoms with Gasteiger partial charge in [0.25, 0.3) is 0 Å². The summed E-state index contributed by atoms with van der Waals surface area (Å²) >= 11 is 4.30. The van der Waals surface area contributed by atoms with E-state index in [1.54, 1.807) is 12.4 Å². The van der Waals surface area contributed by atoms with Gasteiger partial charge in [-0.15, -0.1) is 0 Å². The lowest BCUT2D eigenvalue weighted by atomic mass is 10.1. The molecule has 0 fully saturated rings. The Morgan fingerprint density at radius 1 is 1.57 bits per heavy atom. The van der Waals surface area contributed by atoms with Crippen molar-refractivity contribution in [3.63, 3.8) is 0 Å². The molecule has 1 unspecified atom stereocenters. The molecule has 0 saturated carbocycles. The molecule has 2 nitrogen and oxygen atoms in total. The number of hydrogen-bond acceptors (Lipinski definition) is 3. The number of hydrogen-bond donors (Lipinski definition) is 1. The second kappa shape index (κ2) is 6.71. The molecule has 1 aromatic rings. The van der Waals surface area contributed by atoms with Crippen LogP contribution in [0.5, 0.6) is 5.75 Å². The Hall–Kier alpha value is -0.700. The summed E-state index contributed by atoms with van der Waals surface area (Å²) in [5.41, 5.74) is 0. The van der Waals surface area contributed by atoms with Gasteiger partial charge in [-0.2, -0.15) is 12.6 Å². The van der Waals surface area contributed by atoms with E-state index < -0.39 is 0 Å². The van der Waals surface area contributed by atoms with Crippen LogP contribution in [0.3, 0.4) is 0 Å². The lowest BCUT2D eigenvalue weighted by Crippen LogP contribution is -2.13. The second-order valence-corrected chi connectivity index (χ2v) is 3.70. The predicted molar refractivity (Wildman–Crippen MR) is 62.0 cm³/mol. The predicted octanol–water partition coefficient (Wildman–Crippen LogP) is 2.81. The number of aromatic nitrogens is 1. The van der Waals surface area contributed by atoms with Crippen LogP contribution in [0.15, 0.2) is 24.5 Å². The van der Waals surface area contributed by atoms with Gasteiger partial charge in [0.2, 0.25) is 0 Å². The van der Waals surface area contributed by atoms with Crippen LogP contribution in [0.4, 0.5) is 0 Å². The molecular weight excluding hydrogens is 194 g/mol. The third-order valence-electron chi connectivity index (χ3n) is 2.08. The number of ether oxygens (including phenoxy) is 1. The van der Waals surface area contributed by atoms with Crippen LogP contribution < -0.4 is 4.74 Å². The summed E-state index contributed by atoms with van der Waals surface area (Å²) in [4.78, 5) is 3.99. The van der Waals surface area contributed by atoms with Crippen LogP contribution in [0.1, 0.15) is 19.8 Å². The lowest BCUT2D eigenvalue weighted by Gasteiger charge is -2.13. The van der Waals surface area contributed by atoms with E-state index in [2.05, 4.69) is 24.5 Å². The Labute approximate surface area is 91.1 Å². The van der Waals surface area contributed by atoms with Crippen LogP contribution in [0.25, 0.3) is 0 Å². The minimum absolute atomic E-state index is 0.545. The Balaban J connectivity index is 2.32. The normalized spacial score (nSPS) is 12.4. The maximum atomic E-state index is 5.60. The third-order valence-corrected chi connectivity index (χ3v) is 2.59. The van der Waals surface area contributed by atoms with Crippen molar-refractivity contribution in [2.75, 3.05) is 12.4 Å². The highest BCUT2D eigenvalue weighted by atomic mass is 32.1. The largest absolute Gasteiger partial charge is 0.492 e. The van der Waals surface area contributed by atoms with Gasteiger partial charge in [0, 0.05) is 12.1 Å². The summed E-state index contributed by atoms with van der Waals surface area (Å²) < 4.78 is 5.60. The minimum atomic E-state index is 0.545. The molecule has 1 atom stereocenters. The highest BCUT2D eigenvalue weighted by molar-refractivity contribution is 7.80. The standard InChI is InChI=1S/C11H17NOS/c1-2-4-10(9-14)8-13-11-5-3-6-12-7-11/h3,5-7,10,14H,2,4,8-9H2,1H3. The molecule has 0 radical (unpaired) electrons. The molecule has 0 saturated heterocycles. The van der Waals surface area contributed by atoms with Gasteiger partial charge in [0.05, 0.1) is 12.8 Å². The average molecular weight is 211 g/mol. The highest BCUT2D eigenvalue weighted by Gasteiger charge is 2.06. The molecule has 0 aliphatic heterocycles. The van der Waals surface area contributed by atoms with Crippen molar-refractivity contribution < 1.29 is 4.74 Å². The quantitative estimate of drug-likeness (QED) is 0.731. The molecule has 0 N–H and O–H groups in total. The molecule has 1 rings (SSSR count). The van der Waals surface area contributed by atoms with Crippen molar-refractivity contribution in [3.05, 3.63) is 24.5 Å². The van der Waals surface area contributed by atoms with E-state index in [1.165, 1.54) is 12.8 Å². The van der Waals surface area contributed by atoms with Gasteiger partial charge < -0.3 is 4.74 Å². The Bertz CT molecular complexity index is 240. The summed E-state index contributed by atoms with van der Waals surface area (Å²) in [6.07, 6.45) is 5.84. The summed E-state index contributed by atoms with van der Waals surface area (Å²) in [5, 5.41) is 0. The van der Waals surface area contributed by atoms with Crippen LogP contribution in [-0.2, 0) is 0 Å². The zero-order valence-corrected chi connectivity index (χ0v) is 9.41. The summed E-state index contributed by atoms with van der Waals surface area (Å²) in [6.45, 7) is 2.92. The first kappa shape index (κ1) is 11.4. The second-order valence-electron chi connectivity index (χ2n) is 3.34. The van der Waals surface area contributed by atoms with Crippen molar-refractivity contribution in [2.24, 2.45) is 5.92 Å². The highest BCUT2D eigenvalue weighted by Crippen LogP contribution is 2.12. The number of rotatable bonds is 6. The first-order valence-corrected chi connectivity index (χ1v) is 5.63. The smallest absolute Gasteiger partial charge is 0.137 e. The Morgan fingerprint density at radius 3 is 3.00 bits per heavy atom. The molecule has 1 aromatic heterocycles. The minimum Gasteiger partial charge on any atom is -0.492 e. The molecule has 78 valence electrons. The van der Waals surface area contributed by atoms with Crippen molar-refractivity contribution in [2.45, 2.75) is 19.8 Å². The topological polar surface area (TPSA) is 22.1 Å². The van der Waals surface area contributed by atoms with E-state index in [1.807, 2.05) is 12.1 Å². The van der Waals surface area contributed by atoms with Gasteiger partial charge in [0.1, 0.15) is 5.75 Å². The molecule has 0 bridgehead atoms. The Kier molecular flexibility index (Phi) is 5.45. The first-order valence-electron chi connectivity index (χ1n) is 5.00. The fourth-order valence-corrected chi connectivity index (χ4v) is 1.57. The fourth-order valence-electron chi connectivity index (χ4n) is 1.28. The van der Waals surface area contributed by atoms with Crippen molar-refractivity contribution in [1.82, 2.24) is 4.98 Å². The summed E-state index contributed by atoms with van der Waals surface area (Å²) in [5.74, 6) is 2.27. The molecule has 0 aliphatic carbocycles. The molecular formula is C11H17NOS. The third kappa shape index (κ3) is 4.01. The van der Waals surface area contributed by atoms with Crippen molar-refractivity contribution >= 4 is 12.6 Å². The zero-order valence-electron chi connectivity index (χ0n) is 8.52. The number of nitrogens with zero attached hydrogens (tertiary/aromatic N) is 1. The molecule has 14 heavy (non-hydrogen) atoms. The van der Waals surface area contributed by atoms with Gasteiger partial charge in [-0.3, -0.25) is 4.98 Å². The van der Waals surface area contributed by atoms with Gasteiger partial charge in [0.15, 0.2) is 0 Å². The van der Waals surface area contributed by atoms with Crippen LogP contribution >= 0.6 is 12.6 Å². The molecule has 0 aliphatic rings. The summed E-state index contributed by atoms with van der Waals surface area (Å²) in [7, 11) is 0. The van der Waals surface area contributed by atoms with Gasteiger partial charge in [-0.05, 0) is 24.3 Å². The molecule has 0 aromatic carbocycles. The van der Waals surface area contributed by atoms with E-state index in [0.717, 1.165) is 18.1 Å². The van der Waals surface area contributed by atoms with Crippen LogP contribution in [0.2, 0.25) is 0 Å². The molecule has 0 spiro atoms. The van der Waals surface area contributed by atoms with Crippen molar-refractivity contribution in [3.8, 4) is 5.75 Å². The van der Waals surface area contributed by atoms with Crippen LogP contribution in [-0.4, -0.2) is 17.3 Å². The van der Waals surface area contributed by atoms with Crippen LogP contribution in [0, 0.1) is 5.92 Å². The maximum absolute atomic E-state index is 5.60. The van der Waals surface area contributed by atoms with E-state index in [9.17, 15) is 0 Å². The average Bonchev–Trinajstić information content (AvgIpc) is 2.25. The van der Waals surface area contributed by atoms with E-state index in [-0.39, 0.29) is 0 Å². The first-order chi connectivity index (χ1) is 6.86. The van der Waals surface area contributed by atoms with Gasteiger partial charge >= 0.3 is 0 Å². The fraction of sp³-hybridized carbons (Fsp3) is 0.545. The number of pyridine rings is 1. The summed E-state index contributed by atoms with van der Waals surface area (Å²) in [6, 6.07) is 3.80. The maximum Gasteiger partial charge on any atom is 0.137 e. The van der Waals surface area contributed by atoms with Crippen molar-refractivity contribution in [1.29, 1.82) is 0 Å². The molecule has 0 amide bonds. The molecule has 1 heterocycles. The number of thiol groups is 1.